The smallest absolute Gasteiger partial charge is 0.416 e. The van der Waals surface area contributed by atoms with Gasteiger partial charge in [0.1, 0.15) is 5.82 Å². The summed E-state index contributed by atoms with van der Waals surface area (Å²) in [6, 6.07) is 4.69. The Hall–Kier alpha value is -3.55. The lowest BCUT2D eigenvalue weighted by molar-refractivity contribution is 0.203. The van der Waals surface area contributed by atoms with Crippen LogP contribution < -0.4 is 10.2 Å². The summed E-state index contributed by atoms with van der Waals surface area (Å²) >= 11 is 0. The van der Waals surface area contributed by atoms with Crippen molar-refractivity contribution in [2.45, 2.75) is 20.8 Å². The molecule has 144 valence electrons. The fourth-order valence-corrected chi connectivity index (χ4v) is 3.04. The first kappa shape index (κ1) is 19.2. The SMILES string of the molecule is C=C(C)N(C(=O)O)c1cc(-c2cc3cnc(NC)nc3nc2C)c(C)cc1F. The number of hydrogen-bond acceptors (Lipinski definition) is 5. The molecular formula is C20H20FN5O2. The lowest BCUT2D eigenvalue weighted by Crippen LogP contribution is -2.27. The van der Waals surface area contributed by atoms with Crippen LogP contribution in [0, 0.1) is 19.7 Å². The van der Waals surface area contributed by atoms with Crippen molar-refractivity contribution in [1.82, 2.24) is 15.0 Å². The van der Waals surface area contributed by atoms with Gasteiger partial charge < -0.3 is 10.4 Å². The topological polar surface area (TPSA) is 91.2 Å². The molecule has 0 aliphatic carbocycles. The highest BCUT2D eigenvalue weighted by atomic mass is 19.1. The Labute approximate surface area is 161 Å². The first-order valence-electron chi connectivity index (χ1n) is 8.54. The second-order valence-corrected chi connectivity index (χ2v) is 6.45. The van der Waals surface area contributed by atoms with E-state index < -0.39 is 11.9 Å². The lowest BCUT2D eigenvalue weighted by atomic mass is 9.97. The summed E-state index contributed by atoms with van der Waals surface area (Å²) in [5.41, 5.74) is 3.42. The van der Waals surface area contributed by atoms with Crippen molar-refractivity contribution >= 4 is 28.8 Å². The van der Waals surface area contributed by atoms with Gasteiger partial charge in [-0.1, -0.05) is 6.58 Å². The number of aromatic nitrogens is 3. The van der Waals surface area contributed by atoms with Gasteiger partial charge >= 0.3 is 6.09 Å². The first-order valence-corrected chi connectivity index (χ1v) is 8.54. The fourth-order valence-electron chi connectivity index (χ4n) is 3.04. The molecule has 0 radical (unpaired) electrons. The van der Waals surface area contributed by atoms with Gasteiger partial charge in [-0.05, 0) is 50.1 Å². The Kier molecular flexibility index (Phi) is 4.96. The van der Waals surface area contributed by atoms with E-state index in [-0.39, 0.29) is 11.4 Å². The van der Waals surface area contributed by atoms with Crippen molar-refractivity contribution in [2.75, 3.05) is 17.3 Å². The molecule has 0 saturated carbocycles. The number of nitrogens with zero attached hydrogens (tertiary/aromatic N) is 4. The second-order valence-electron chi connectivity index (χ2n) is 6.45. The number of benzene rings is 1. The number of allylic oxidation sites excluding steroid dienone is 1. The maximum Gasteiger partial charge on any atom is 0.416 e. The van der Waals surface area contributed by atoms with Crippen LogP contribution in [0.2, 0.25) is 0 Å². The van der Waals surface area contributed by atoms with Crippen LogP contribution in [0.25, 0.3) is 22.2 Å². The second kappa shape index (κ2) is 7.22. The van der Waals surface area contributed by atoms with Crippen LogP contribution in [-0.4, -0.2) is 33.2 Å². The summed E-state index contributed by atoms with van der Waals surface area (Å²) in [7, 11) is 1.72. The predicted molar refractivity (Wildman–Crippen MR) is 107 cm³/mol. The van der Waals surface area contributed by atoms with E-state index in [0.29, 0.717) is 28.4 Å². The zero-order valence-electron chi connectivity index (χ0n) is 16.0. The van der Waals surface area contributed by atoms with Crippen molar-refractivity contribution in [1.29, 1.82) is 0 Å². The zero-order valence-corrected chi connectivity index (χ0v) is 16.0. The Morgan fingerprint density at radius 3 is 2.54 bits per heavy atom. The van der Waals surface area contributed by atoms with Crippen LogP contribution >= 0.6 is 0 Å². The van der Waals surface area contributed by atoms with Crippen molar-refractivity contribution < 1.29 is 14.3 Å². The molecule has 0 atom stereocenters. The summed E-state index contributed by atoms with van der Waals surface area (Å²) in [5, 5.41) is 13.1. The Morgan fingerprint density at radius 2 is 1.93 bits per heavy atom. The molecule has 0 aliphatic heterocycles. The average molecular weight is 381 g/mol. The monoisotopic (exact) mass is 381 g/mol. The number of carbonyl (C=O) groups is 1. The highest BCUT2D eigenvalue weighted by molar-refractivity contribution is 5.92. The van der Waals surface area contributed by atoms with Gasteiger partial charge in [-0.25, -0.2) is 24.1 Å². The van der Waals surface area contributed by atoms with E-state index >= 15 is 0 Å². The Balaban J connectivity index is 2.23. The molecule has 1 aromatic carbocycles. The highest BCUT2D eigenvalue weighted by Gasteiger charge is 2.22. The first-order chi connectivity index (χ1) is 13.2. The van der Waals surface area contributed by atoms with E-state index in [2.05, 4.69) is 26.8 Å². The summed E-state index contributed by atoms with van der Waals surface area (Å²) in [6.45, 7) is 8.73. The lowest BCUT2D eigenvalue weighted by Gasteiger charge is -2.21. The molecule has 0 spiro atoms. The Bertz CT molecular complexity index is 1100. The molecule has 0 aliphatic rings. The number of amides is 1. The van der Waals surface area contributed by atoms with E-state index in [9.17, 15) is 14.3 Å². The van der Waals surface area contributed by atoms with Crippen molar-refractivity contribution in [3.05, 3.63) is 53.7 Å². The molecular weight excluding hydrogens is 361 g/mol. The molecule has 0 fully saturated rings. The maximum absolute atomic E-state index is 14.6. The molecule has 1 amide bonds. The minimum absolute atomic E-state index is 0.0816. The predicted octanol–water partition coefficient (Wildman–Crippen LogP) is 4.51. The molecule has 2 aromatic heterocycles. The van der Waals surface area contributed by atoms with Gasteiger partial charge in [-0.2, -0.15) is 4.98 Å². The molecule has 28 heavy (non-hydrogen) atoms. The van der Waals surface area contributed by atoms with Crippen LogP contribution in [0.3, 0.4) is 0 Å². The third-order valence-corrected chi connectivity index (χ3v) is 4.38. The minimum Gasteiger partial charge on any atom is -0.464 e. The Morgan fingerprint density at radius 1 is 1.21 bits per heavy atom. The number of fused-ring (bicyclic) bond motifs is 1. The standard InChI is InChI=1S/C20H20FN5O2/c1-10(2)26(20(27)28)17-8-14(11(3)6-16(17)21)15-7-13-9-23-19(22-5)25-18(13)24-12(15)4/h6-9H,1H2,2-5H3,(H,27,28)(H,22,23,24,25). The van der Waals surface area contributed by atoms with Crippen LogP contribution in [0.15, 0.2) is 36.7 Å². The highest BCUT2D eigenvalue weighted by Crippen LogP contribution is 2.34. The van der Waals surface area contributed by atoms with Crippen LogP contribution in [-0.2, 0) is 0 Å². The number of hydrogen-bond donors (Lipinski definition) is 2. The molecule has 2 heterocycles. The molecule has 0 saturated heterocycles. The van der Waals surface area contributed by atoms with E-state index in [0.717, 1.165) is 15.8 Å². The van der Waals surface area contributed by atoms with Gasteiger partial charge in [0.25, 0.3) is 0 Å². The minimum atomic E-state index is -1.30. The molecule has 7 nitrogen and oxygen atoms in total. The molecule has 0 bridgehead atoms. The van der Waals surface area contributed by atoms with Gasteiger partial charge in [0, 0.05) is 35.6 Å². The number of aryl methyl sites for hydroxylation is 2. The number of halogens is 1. The molecule has 2 N–H and O–H groups in total. The number of carboxylic acid groups (broad SMARTS) is 1. The van der Waals surface area contributed by atoms with E-state index in [4.69, 9.17) is 0 Å². The zero-order chi connectivity index (χ0) is 20.6. The average Bonchev–Trinajstić information content (AvgIpc) is 2.62. The van der Waals surface area contributed by atoms with Crippen molar-refractivity contribution in [2.24, 2.45) is 0 Å². The van der Waals surface area contributed by atoms with Gasteiger partial charge in [-0.15, -0.1) is 0 Å². The normalized spacial score (nSPS) is 10.8. The molecule has 0 unspecified atom stereocenters. The molecule has 3 rings (SSSR count). The number of nitrogens with one attached hydrogen (secondary N) is 1. The van der Waals surface area contributed by atoms with Crippen LogP contribution in [0.5, 0.6) is 0 Å². The fraction of sp³-hybridized carbons (Fsp3) is 0.200. The van der Waals surface area contributed by atoms with Gasteiger partial charge in [0.05, 0.1) is 5.69 Å². The summed E-state index contributed by atoms with van der Waals surface area (Å²) in [5.74, 6) is -0.175. The molecule has 8 heteroatoms. The van der Waals surface area contributed by atoms with Crippen molar-refractivity contribution in [3.8, 4) is 11.1 Å². The maximum atomic E-state index is 14.6. The molecule has 3 aromatic rings. The van der Waals surface area contributed by atoms with Gasteiger partial charge in [0.2, 0.25) is 5.95 Å². The number of rotatable bonds is 4. The summed E-state index contributed by atoms with van der Waals surface area (Å²) in [4.78, 5) is 25.5. The van der Waals surface area contributed by atoms with E-state index in [1.165, 1.54) is 19.1 Å². The van der Waals surface area contributed by atoms with E-state index in [1.54, 1.807) is 20.2 Å². The third kappa shape index (κ3) is 3.36. The largest absolute Gasteiger partial charge is 0.464 e. The quantitative estimate of drug-likeness (QED) is 0.691. The van der Waals surface area contributed by atoms with E-state index in [1.807, 2.05) is 13.0 Å². The number of pyridine rings is 1. The van der Waals surface area contributed by atoms with Crippen molar-refractivity contribution in [3.63, 3.8) is 0 Å². The van der Waals surface area contributed by atoms with Gasteiger partial charge in [0.15, 0.2) is 5.65 Å². The summed E-state index contributed by atoms with van der Waals surface area (Å²) in [6.07, 6.45) is 0.351. The summed E-state index contributed by atoms with van der Waals surface area (Å²) < 4.78 is 14.6. The third-order valence-electron chi connectivity index (χ3n) is 4.38. The van der Waals surface area contributed by atoms with Crippen LogP contribution in [0.1, 0.15) is 18.2 Å². The van der Waals surface area contributed by atoms with Crippen LogP contribution in [0.4, 0.5) is 20.8 Å². The number of anilines is 2. The van der Waals surface area contributed by atoms with Gasteiger partial charge in [-0.3, -0.25) is 0 Å².